The number of nitrogens with one attached hydrogen (secondary N) is 1. The Morgan fingerprint density at radius 3 is 2.71 bits per heavy atom. The molecule has 88 valence electrons. The number of aromatic amines is 1. The van der Waals surface area contributed by atoms with Gasteiger partial charge in [0.05, 0.1) is 6.42 Å². The van der Waals surface area contributed by atoms with E-state index in [1.807, 2.05) is 0 Å². The summed E-state index contributed by atoms with van der Waals surface area (Å²) < 4.78 is 0. The molecule has 1 amide bonds. The monoisotopic (exact) mass is 233 g/mol. The van der Waals surface area contributed by atoms with Crippen LogP contribution >= 0.6 is 0 Å². The van der Waals surface area contributed by atoms with Gasteiger partial charge >= 0.3 is 0 Å². The van der Waals surface area contributed by atoms with Gasteiger partial charge in [0.15, 0.2) is 5.82 Å². The van der Waals surface area contributed by atoms with Gasteiger partial charge in [-0.2, -0.15) is 5.21 Å². The summed E-state index contributed by atoms with van der Waals surface area (Å²) in [4.78, 5) is 13.3. The van der Waals surface area contributed by atoms with Gasteiger partial charge in [-0.05, 0) is 24.3 Å². The molecule has 0 atom stereocenters. The minimum atomic E-state index is -0.155. The molecule has 1 heterocycles. The van der Waals surface area contributed by atoms with Crippen LogP contribution in [0.2, 0.25) is 0 Å². The Bertz CT molecular complexity index is 494. The fourth-order valence-electron chi connectivity index (χ4n) is 1.33. The highest BCUT2D eigenvalue weighted by Gasteiger charge is 2.13. The molecule has 2 rings (SSSR count). The lowest BCUT2D eigenvalue weighted by Gasteiger charge is -2.16. The van der Waals surface area contributed by atoms with Gasteiger partial charge in [0, 0.05) is 12.7 Å². The van der Waals surface area contributed by atoms with Crippen LogP contribution < -0.4 is 4.90 Å². The number of rotatable bonds is 3. The first kappa shape index (κ1) is 11.1. The summed E-state index contributed by atoms with van der Waals surface area (Å²) >= 11 is 0. The van der Waals surface area contributed by atoms with E-state index >= 15 is 0 Å². The molecule has 2 aromatic rings. The summed E-state index contributed by atoms with van der Waals surface area (Å²) in [5.41, 5.74) is 0.691. The Labute approximate surface area is 97.1 Å². The van der Waals surface area contributed by atoms with E-state index in [1.54, 1.807) is 19.2 Å². The smallest absolute Gasteiger partial charge is 0.234 e. The van der Waals surface area contributed by atoms with Gasteiger partial charge in [-0.3, -0.25) is 4.79 Å². The molecule has 0 saturated carbocycles. The Morgan fingerprint density at radius 2 is 2.12 bits per heavy atom. The number of phenolic OH excluding ortho intramolecular Hbond substituents is 1. The van der Waals surface area contributed by atoms with Crippen molar-refractivity contribution in [2.75, 3.05) is 11.9 Å². The summed E-state index contributed by atoms with van der Waals surface area (Å²) in [7, 11) is 1.65. The Kier molecular flexibility index (Phi) is 2.99. The lowest BCUT2D eigenvalue weighted by atomic mass is 10.2. The van der Waals surface area contributed by atoms with E-state index in [2.05, 4.69) is 20.6 Å². The van der Waals surface area contributed by atoms with Crippen molar-refractivity contribution in [3.8, 4) is 5.75 Å². The van der Waals surface area contributed by atoms with Crippen molar-refractivity contribution in [3.63, 3.8) is 0 Å². The molecular weight excluding hydrogens is 222 g/mol. The van der Waals surface area contributed by atoms with Crippen molar-refractivity contribution >= 4 is 11.6 Å². The Balaban J connectivity index is 2.07. The Hall–Kier alpha value is -2.44. The molecule has 0 bridgehead atoms. The average Bonchev–Trinajstić information content (AvgIpc) is 2.82. The van der Waals surface area contributed by atoms with Gasteiger partial charge in [0.2, 0.25) is 5.91 Å². The normalized spacial score (nSPS) is 10.2. The summed E-state index contributed by atoms with van der Waals surface area (Å²) in [5, 5.41) is 22.2. The van der Waals surface area contributed by atoms with Crippen molar-refractivity contribution in [3.05, 3.63) is 30.1 Å². The van der Waals surface area contributed by atoms with E-state index < -0.39 is 0 Å². The molecule has 1 aromatic carbocycles. The first-order chi connectivity index (χ1) is 8.16. The second-order valence-corrected chi connectivity index (χ2v) is 3.47. The number of likely N-dealkylation sites (N-methyl/N-ethyl adjacent to an activating group) is 1. The van der Waals surface area contributed by atoms with E-state index in [4.69, 9.17) is 5.11 Å². The van der Waals surface area contributed by atoms with E-state index in [0.717, 1.165) is 0 Å². The number of anilines is 1. The predicted molar refractivity (Wildman–Crippen MR) is 59.4 cm³/mol. The third-order valence-electron chi connectivity index (χ3n) is 2.31. The van der Waals surface area contributed by atoms with Crippen molar-refractivity contribution in [1.29, 1.82) is 0 Å². The minimum absolute atomic E-state index is 0.0773. The number of phenols is 1. The number of amides is 1. The maximum atomic E-state index is 11.8. The number of aromatic hydroxyl groups is 1. The number of hydrogen-bond donors (Lipinski definition) is 2. The molecule has 1 aromatic heterocycles. The highest BCUT2D eigenvalue weighted by molar-refractivity contribution is 5.93. The molecular formula is C10H11N5O2. The quantitative estimate of drug-likeness (QED) is 0.784. The predicted octanol–water partition coefficient (Wildman–Crippen LogP) is 0.111. The van der Waals surface area contributed by atoms with Gasteiger partial charge in [-0.25, -0.2) is 0 Å². The number of carbonyl (C=O) groups excluding carboxylic acids is 1. The lowest BCUT2D eigenvalue weighted by Crippen LogP contribution is -2.28. The summed E-state index contributed by atoms with van der Waals surface area (Å²) in [6.45, 7) is 0. The first-order valence-corrected chi connectivity index (χ1v) is 4.95. The fourth-order valence-corrected chi connectivity index (χ4v) is 1.33. The number of carbonyl (C=O) groups is 1. The average molecular weight is 233 g/mol. The first-order valence-electron chi connectivity index (χ1n) is 4.95. The van der Waals surface area contributed by atoms with Crippen molar-refractivity contribution in [1.82, 2.24) is 20.6 Å². The molecule has 0 unspecified atom stereocenters. The van der Waals surface area contributed by atoms with E-state index in [0.29, 0.717) is 11.5 Å². The number of benzene rings is 1. The van der Waals surface area contributed by atoms with Gasteiger partial charge in [0.1, 0.15) is 5.75 Å². The third-order valence-corrected chi connectivity index (χ3v) is 2.31. The summed E-state index contributed by atoms with van der Waals surface area (Å²) in [5.74, 6) is 0.352. The van der Waals surface area contributed by atoms with Crippen LogP contribution in [0, 0.1) is 0 Å². The topological polar surface area (TPSA) is 95.0 Å². The second kappa shape index (κ2) is 4.60. The van der Waals surface area contributed by atoms with Crippen LogP contribution in [-0.2, 0) is 11.2 Å². The zero-order chi connectivity index (χ0) is 12.3. The number of aromatic nitrogens is 4. The van der Waals surface area contributed by atoms with Crippen molar-refractivity contribution in [2.45, 2.75) is 6.42 Å². The zero-order valence-corrected chi connectivity index (χ0v) is 9.16. The van der Waals surface area contributed by atoms with E-state index in [1.165, 1.54) is 17.0 Å². The van der Waals surface area contributed by atoms with Crippen molar-refractivity contribution < 1.29 is 9.90 Å². The highest BCUT2D eigenvalue weighted by Crippen LogP contribution is 2.17. The van der Waals surface area contributed by atoms with Crippen LogP contribution in [0.3, 0.4) is 0 Å². The van der Waals surface area contributed by atoms with Crippen LogP contribution in [0.1, 0.15) is 5.82 Å². The molecule has 0 aliphatic heterocycles. The second-order valence-electron chi connectivity index (χ2n) is 3.47. The van der Waals surface area contributed by atoms with E-state index in [9.17, 15) is 4.79 Å². The molecule has 0 spiro atoms. The van der Waals surface area contributed by atoms with Gasteiger partial charge in [-0.15, -0.1) is 10.2 Å². The number of hydrogen-bond acceptors (Lipinski definition) is 5. The molecule has 0 aliphatic rings. The lowest BCUT2D eigenvalue weighted by molar-refractivity contribution is -0.117. The summed E-state index contributed by atoms with van der Waals surface area (Å²) in [6, 6.07) is 6.36. The number of nitrogens with zero attached hydrogens (tertiary/aromatic N) is 4. The zero-order valence-electron chi connectivity index (χ0n) is 9.16. The standard InChI is InChI=1S/C10H11N5O2/c1-15(7-2-4-8(16)5-3-7)10(17)6-9-11-13-14-12-9/h2-5,16H,6H2,1H3,(H,11,12,13,14). The molecule has 17 heavy (non-hydrogen) atoms. The number of H-pyrrole nitrogens is 1. The molecule has 0 fully saturated rings. The summed E-state index contributed by atoms with van der Waals surface area (Å²) in [6.07, 6.45) is 0.0773. The maximum Gasteiger partial charge on any atom is 0.234 e. The highest BCUT2D eigenvalue weighted by atomic mass is 16.3. The maximum absolute atomic E-state index is 11.8. The van der Waals surface area contributed by atoms with Crippen LogP contribution in [0.15, 0.2) is 24.3 Å². The van der Waals surface area contributed by atoms with Gasteiger partial charge in [0.25, 0.3) is 0 Å². The fraction of sp³-hybridized carbons (Fsp3) is 0.200. The molecule has 0 aliphatic carbocycles. The Morgan fingerprint density at radius 1 is 1.41 bits per heavy atom. The minimum Gasteiger partial charge on any atom is -0.508 e. The van der Waals surface area contributed by atoms with Gasteiger partial charge < -0.3 is 10.0 Å². The molecule has 0 radical (unpaired) electrons. The SMILES string of the molecule is CN(C(=O)Cc1nn[nH]n1)c1ccc(O)cc1. The molecule has 7 heteroatoms. The van der Waals surface area contributed by atoms with Crippen LogP contribution in [-0.4, -0.2) is 38.7 Å². The van der Waals surface area contributed by atoms with Crippen LogP contribution in [0.4, 0.5) is 5.69 Å². The molecule has 2 N–H and O–H groups in total. The van der Waals surface area contributed by atoms with Crippen LogP contribution in [0.5, 0.6) is 5.75 Å². The third kappa shape index (κ3) is 2.57. The molecule has 0 saturated heterocycles. The van der Waals surface area contributed by atoms with E-state index in [-0.39, 0.29) is 18.1 Å². The van der Waals surface area contributed by atoms with Gasteiger partial charge in [-0.1, -0.05) is 5.21 Å². The van der Waals surface area contributed by atoms with Crippen LogP contribution in [0.25, 0.3) is 0 Å². The molecule has 7 nitrogen and oxygen atoms in total. The largest absolute Gasteiger partial charge is 0.508 e. The van der Waals surface area contributed by atoms with Crippen molar-refractivity contribution in [2.24, 2.45) is 0 Å². The number of tetrazole rings is 1.